The van der Waals surface area contributed by atoms with E-state index in [1.807, 2.05) is 18.2 Å². The minimum atomic E-state index is 0.143. The van der Waals surface area contributed by atoms with Crippen LogP contribution in [-0.4, -0.2) is 15.1 Å². The first-order valence-electron chi connectivity index (χ1n) is 5.74. The maximum atomic E-state index is 5.29. The molecular weight excluding hydrogens is 234 g/mol. The second kappa shape index (κ2) is 4.49. The van der Waals surface area contributed by atoms with Crippen molar-refractivity contribution in [3.63, 3.8) is 0 Å². The average molecular weight is 247 g/mol. The molecular formula is C12H13N3OS. The Hall–Kier alpha value is -1.36. The standard InChI is InChI=1S/C12H13N3OS/c1-8(17-10-4-2-3-7-13-10)12-14-11(15-16-12)9-5-6-9/h2-4,7-9H,5-6H2,1H3. The summed E-state index contributed by atoms with van der Waals surface area (Å²) < 4.78 is 5.29. The van der Waals surface area contributed by atoms with Crippen LogP contribution in [-0.2, 0) is 0 Å². The van der Waals surface area contributed by atoms with Gasteiger partial charge < -0.3 is 4.52 Å². The van der Waals surface area contributed by atoms with Crippen LogP contribution in [0.25, 0.3) is 0 Å². The largest absolute Gasteiger partial charge is 0.338 e. The summed E-state index contributed by atoms with van der Waals surface area (Å²) in [6.45, 7) is 2.06. The molecule has 5 heteroatoms. The minimum absolute atomic E-state index is 0.143. The zero-order valence-electron chi connectivity index (χ0n) is 9.54. The maximum absolute atomic E-state index is 5.29. The van der Waals surface area contributed by atoms with Crippen LogP contribution >= 0.6 is 11.8 Å². The van der Waals surface area contributed by atoms with Gasteiger partial charge in [0.25, 0.3) is 0 Å². The lowest BCUT2D eigenvalue weighted by Crippen LogP contribution is -1.90. The number of thioether (sulfide) groups is 1. The lowest BCUT2D eigenvalue weighted by atomic mass is 10.4. The summed E-state index contributed by atoms with van der Waals surface area (Å²) in [4.78, 5) is 8.71. The van der Waals surface area contributed by atoms with Gasteiger partial charge in [0.2, 0.25) is 5.89 Å². The van der Waals surface area contributed by atoms with Crippen molar-refractivity contribution in [2.45, 2.75) is 36.0 Å². The van der Waals surface area contributed by atoms with Crippen molar-refractivity contribution in [3.8, 4) is 0 Å². The number of hydrogen-bond donors (Lipinski definition) is 0. The summed E-state index contributed by atoms with van der Waals surface area (Å²) in [7, 11) is 0. The summed E-state index contributed by atoms with van der Waals surface area (Å²) in [6.07, 6.45) is 4.18. The third-order valence-electron chi connectivity index (χ3n) is 2.68. The molecule has 1 fully saturated rings. The molecule has 4 nitrogen and oxygen atoms in total. The van der Waals surface area contributed by atoms with Gasteiger partial charge in [-0.25, -0.2) is 4.98 Å². The van der Waals surface area contributed by atoms with Gasteiger partial charge >= 0.3 is 0 Å². The van der Waals surface area contributed by atoms with Crippen molar-refractivity contribution in [1.82, 2.24) is 15.1 Å². The quantitative estimate of drug-likeness (QED) is 0.776. The smallest absolute Gasteiger partial charge is 0.239 e. The molecule has 0 bridgehead atoms. The molecule has 0 radical (unpaired) electrons. The summed E-state index contributed by atoms with van der Waals surface area (Å²) in [5.74, 6) is 2.11. The molecule has 1 atom stereocenters. The van der Waals surface area contributed by atoms with E-state index in [4.69, 9.17) is 4.52 Å². The van der Waals surface area contributed by atoms with Crippen LogP contribution in [0.2, 0.25) is 0 Å². The zero-order chi connectivity index (χ0) is 11.7. The van der Waals surface area contributed by atoms with Crippen molar-refractivity contribution in [2.75, 3.05) is 0 Å². The summed E-state index contributed by atoms with van der Waals surface area (Å²) >= 11 is 1.63. The van der Waals surface area contributed by atoms with Crippen molar-refractivity contribution >= 4 is 11.8 Å². The fourth-order valence-electron chi connectivity index (χ4n) is 1.57. The molecule has 0 amide bonds. The van der Waals surface area contributed by atoms with Gasteiger partial charge in [-0.3, -0.25) is 0 Å². The lowest BCUT2D eigenvalue weighted by molar-refractivity contribution is 0.375. The van der Waals surface area contributed by atoms with Crippen LogP contribution < -0.4 is 0 Å². The summed E-state index contributed by atoms with van der Waals surface area (Å²) in [6, 6.07) is 5.87. The van der Waals surface area contributed by atoms with Crippen molar-refractivity contribution in [3.05, 3.63) is 36.1 Å². The van der Waals surface area contributed by atoms with E-state index in [0.29, 0.717) is 11.8 Å². The van der Waals surface area contributed by atoms with Crippen LogP contribution in [0.4, 0.5) is 0 Å². The molecule has 0 N–H and O–H groups in total. The molecule has 17 heavy (non-hydrogen) atoms. The number of hydrogen-bond acceptors (Lipinski definition) is 5. The second-order valence-corrected chi connectivity index (χ2v) is 5.55. The average Bonchev–Trinajstić information content (AvgIpc) is 3.08. The van der Waals surface area contributed by atoms with Crippen LogP contribution in [0.5, 0.6) is 0 Å². The molecule has 88 valence electrons. The van der Waals surface area contributed by atoms with Gasteiger partial charge in [0.15, 0.2) is 5.82 Å². The predicted octanol–water partition coefficient (Wildman–Crippen LogP) is 3.20. The highest BCUT2D eigenvalue weighted by Gasteiger charge is 2.29. The Morgan fingerprint density at radius 2 is 2.29 bits per heavy atom. The summed E-state index contributed by atoms with van der Waals surface area (Å²) in [5.41, 5.74) is 0. The highest BCUT2D eigenvalue weighted by atomic mass is 32.2. The molecule has 0 spiro atoms. The van der Waals surface area contributed by atoms with E-state index >= 15 is 0 Å². The van der Waals surface area contributed by atoms with E-state index in [1.54, 1.807) is 18.0 Å². The highest BCUT2D eigenvalue weighted by molar-refractivity contribution is 7.99. The van der Waals surface area contributed by atoms with E-state index in [-0.39, 0.29) is 5.25 Å². The van der Waals surface area contributed by atoms with E-state index in [9.17, 15) is 0 Å². The number of rotatable bonds is 4. The number of pyridine rings is 1. The zero-order valence-corrected chi connectivity index (χ0v) is 10.4. The Kier molecular flexibility index (Phi) is 2.84. The number of nitrogens with zero attached hydrogens (tertiary/aromatic N) is 3. The Labute approximate surface area is 104 Å². The van der Waals surface area contributed by atoms with Gasteiger partial charge in [-0.1, -0.05) is 23.0 Å². The van der Waals surface area contributed by atoms with Crippen molar-refractivity contribution in [2.24, 2.45) is 0 Å². The van der Waals surface area contributed by atoms with E-state index in [1.165, 1.54) is 12.8 Å². The Morgan fingerprint density at radius 1 is 1.41 bits per heavy atom. The Morgan fingerprint density at radius 3 is 3.00 bits per heavy atom. The molecule has 0 aromatic carbocycles. The molecule has 2 aromatic rings. The van der Waals surface area contributed by atoms with E-state index in [2.05, 4.69) is 22.0 Å². The van der Waals surface area contributed by atoms with Crippen molar-refractivity contribution in [1.29, 1.82) is 0 Å². The van der Waals surface area contributed by atoms with Crippen molar-refractivity contribution < 1.29 is 4.52 Å². The third kappa shape index (κ3) is 2.49. The molecule has 0 saturated heterocycles. The fraction of sp³-hybridized carbons (Fsp3) is 0.417. The topological polar surface area (TPSA) is 51.8 Å². The number of aromatic nitrogens is 3. The van der Waals surface area contributed by atoms with Crippen LogP contribution in [0.1, 0.15) is 42.6 Å². The van der Waals surface area contributed by atoms with Gasteiger partial charge in [0.05, 0.1) is 10.3 Å². The first-order valence-corrected chi connectivity index (χ1v) is 6.62. The van der Waals surface area contributed by atoms with Crippen LogP contribution in [0.15, 0.2) is 33.9 Å². The monoisotopic (exact) mass is 247 g/mol. The molecule has 1 aliphatic rings. The second-order valence-electron chi connectivity index (χ2n) is 4.19. The SMILES string of the molecule is CC(Sc1ccccn1)c1nc(C2CC2)no1. The molecule has 2 heterocycles. The van der Waals surface area contributed by atoms with E-state index < -0.39 is 0 Å². The molecule has 3 rings (SSSR count). The maximum Gasteiger partial charge on any atom is 0.239 e. The molecule has 2 aromatic heterocycles. The minimum Gasteiger partial charge on any atom is -0.338 e. The molecule has 1 unspecified atom stereocenters. The lowest BCUT2D eigenvalue weighted by Gasteiger charge is -2.04. The first kappa shape index (κ1) is 10.8. The first-order chi connectivity index (χ1) is 8.33. The van der Waals surface area contributed by atoms with Crippen LogP contribution in [0.3, 0.4) is 0 Å². The highest BCUT2D eigenvalue weighted by Crippen LogP contribution is 2.39. The van der Waals surface area contributed by atoms with Gasteiger partial charge in [-0.05, 0) is 31.9 Å². The van der Waals surface area contributed by atoms with Crippen LogP contribution in [0, 0.1) is 0 Å². The molecule has 1 aliphatic carbocycles. The summed E-state index contributed by atoms with van der Waals surface area (Å²) in [5, 5.41) is 5.14. The molecule has 1 saturated carbocycles. The third-order valence-corrected chi connectivity index (χ3v) is 3.72. The fourth-order valence-corrected chi connectivity index (χ4v) is 2.41. The van der Waals surface area contributed by atoms with Gasteiger partial charge in [-0.2, -0.15) is 4.98 Å². The Balaban J connectivity index is 1.70. The normalized spacial score (nSPS) is 17.0. The van der Waals surface area contributed by atoms with Gasteiger partial charge in [0.1, 0.15) is 0 Å². The molecule has 0 aliphatic heterocycles. The van der Waals surface area contributed by atoms with Gasteiger partial charge in [0, 0.05) is 12.1 Å². The Bertz CT molecular complexity index is 495. The predicted molar refractivity (Wildman–Crippen MR) is 64.8 cm³/mol. The van der Waals surface area contributed by atoms with E-state index in [0.717, 1.165) is 10.9 Å². The van der Waals surface area contributed by atoms with Gasteiger partial charge in [-0.15, -0.1) is 0 Å².